The van der Waals surface area contributed by atoms with Crippen molar-refractivity contribution in [3.63, 3.8) is 0 Å². The topological polar surface area (TPSA) is 17.8 Å². The van der Waals surface area contributed by atoms with Gasteiger partial charge in [-0.25, -0.2) is 4.98 Å². The molecule has 0 unspecified atom stereocenters. The smallest absolute Gasteiger partial charge is 0.138 e. The Bertz CT molecular complexity index is 2140. The lowest BCUT2D eigenvalue weighted by atomic mass is 9.93. The monoisotopic (exact) mass is 470 g/mol. The maximum absolute atomic E-state index is 5.14. The van der Waals surface area contributed by atoms with Gasteiger partial charge in [-0.15, -0.1) is 0 Å². The number of benzene rings is 6. The van der Waals surface area contributed by atoms with Crippen LogP contribution in [-0.4, -0.2) is 9.55 Å². The molecular formula is C35H22N2. The minimum atomic E-state index is 0.928. The second kappa shape index (κ2) is 7.78. The van der Waals surface area contributed by atoms with Crippen LogP contribution in [0.1, 0.15) is 0 Å². The normalized spacial score (nSPS) is 11.8. The Labute approximate surface area is 214 Å². The summed E-state index contributed by atoms with van der Waals surface area (Å²) in [6.45, 7) is 0. The number of para-hydroxylation sites is 1. The van der Waals surface area contributed by atoms with E-state index in [0.717, 1.165) is 17.1 Å². The number of hydrogen-bond acceptors (Lipinski definition) is 1. The second-order valence-corrected chi connectivity index (χ2v) is 9.61. The van der Waals surface area contributed by atoms with Gasteiger partial charge in [-0.1, -0.05) is 103 Å². The third kappa shape index (κ3) is 2.96. The summed E-state index contributed by atoms with van der Waals surface area (Å²) in [4.78, 5) is 5.14. The largest absolute Gasteiger partial charge is 0.294 e. The molecule has 0 N–H and O–H groups in total. The summed E-state index contributed by atoms with van der Waals surface area (Å²) in [5.41, 5.74) is 4.43. The molecule has 2 heterocycles. The van der Waals surface area contributed by atoms with Crippen LogP contribution in [-0.2, 0) is 0 Å². The zero-order chi connectivity index (χ0) is 24.3. The standard InChI is InChI=1S/C35H22N2/c1-2-11-23(12-3-1)32-18-10-20-35(36-32)37-33-19-9-8-17-28(33)31-21-29-26-15-6-4-13-24(26)25-14-5-7-16-27(25)30(29)22-34(31)37/h1-22H. The number of aromatic nitrogens is 2. The molecular weight excluding hydrogens is 448 g/mol. The van der Waals surface area contributed by atoms with E-state index in [0.29, 0.717) is 0 Å². The Kier molecular flexibility index (Phi) is 4.26. The van der Waals surface area contributed by atoms with Crippen LogP contribution in [0.5, 0.6) is 0 Å². The van der Waals surface area contributed by atoms with Gasteiger partial charge in [-0.2, -0.15) is 0 Å². The molecule has 0 saturated carbocycles. The molecule has 2 nitrogen and oxygen atoms in total. The van der Waals surface area contributed by atoms with Gasteiger partial charge in [0.2, 0.25) is 0 Å². The summed E-state index contributed by atoms with van der Waals surface area (Å²) in [5.74, 6) is 0.928. The molecule has 2 heteroatoms. The van der Waals surface area contributed by atoms with Crippen molar-refractivity contribution in [2.75, 3.05) is 0 Å². The summed E-state index contributed by atoms with van der Waals surface area (Å²) in [7, 11) is 0. The highest BCUT2D eigenvalue weighted by atomic mass is 15.1. The molecule has 0 atom stereocenters. The van der Waals surface area contributed by atoms with E-state index in [1.807, 2.05) is 6.07 Å². The lowest BCUT2D eigenvalue weighted by Gasteiger charge is -2.12. The maximum Gasteiger partial charge on any atom is 0.138 e. The van der Waals surface area contributed by atoms with Crippen molar-refractivity contribution < 1.29 is 0 Å². The average molecular weight is 471 g/mol. The first-order chi connectivity index (χ1) is 18.4. The minimum absolute atomic E-state index is 0.928. The molecule has 8 rings (SSSR count). The molecule has 0 fully saturated rings. The fourth-order valence-corrected chi connectivity index (χ4v) is 5.93. The highest BCUT2D eigenvalue weighted by Gasteiger charge is 2.17. The molecule has 2 aromatic heterocycles. The predicted octanol–water partition coefficient (Wildman–Crippen LogP) is 9.31. The number of rotatable bonds is 2. The lowest BCUT2D eigenvalue weighted by molar-refractivity contribution is 1.08. The maximum atomic E-state index is 5.14. The van der Waals surface area contributed by atoms with Crippen molar-refractivity contribution in [1.82, 2.24) is 9.55 Å². The summed E-state index contributed by atoms with van der Waals surface area (Å²) >= 11 is 0. The number of fused-ring (bicyclic) bond motifs is 9. The van der Waals surface area contributed by atoms with E-state index in [-0.39, 0.29) is 0 Å². The molecule has 0 aliphatic rings. The van der Waals surface area contributed by atoms with Gasteiger partial charge in [0, 0.05) is 16.3 Å². The zero-order valence-electron chi connectivity index (χ0n) is 20.1. The van der Waals surface area contributed by atoms with E-state index in [9.17, 15) is 0 Å². The Morgan fingerprint density at radius 2 is 0.946 bits per heavy atom. The summed E-state index contributed by atoms with van der Waals surface area (Å²) < 4.78 is 2.32. The highest BCUT2D eigenvalue weighted by Crippen LogP contribution is 2.40. The molecule has 6 aromatic carbocycles. The number of hydrogen-bond donors (Lipinski definition) is 0. The van der Waals surface area contributed by atoms with Crippen LogP contribution in [0, 0.1) is 0 Å². The average Bonchev–Trinajstić information content (AvgIpc) is 3.30. The predicted molar refractivity (Wildman–Crippen MR) is 157 cm³/mol. The highest BCUT2D eigenvalue weighted by molar-refractivity contribution is 6.28. The first kappa shape index (κ1) is 20.3. The SMILES string of the molecule is c1ccc(-c2cccc(-n3c4ccccc4c4cc5c6ccccc6c6ccccc6c5cc43)n2)cc1. The Morgan fingerprint density at radius 1 is 0.378 bits per heavy atom. The lowest BCUT2D eigenvalue weighted by Crippen LogP contribution is -1.98. The fraction of sp³-hybridized carbons (Fsp3) is 0. The first-order valence-corrected chi connectivity index (χ1v) is 12.7. The molecule has 0 aliphatic carbocycles. The molecule has 0 bridgehead atoms. The van der Waals surface area contributed by atoms with Gasteiger partial charge in [-0.3, -0.25) is 4.57 Å². The Morgan fingerprint density at radius 3 is 1.65 bits per heavy atom. The van der Waals surface area contributed by atoms with Crippen LogP contribution in [0.15, 0.2) is 133 Å². The Hall–Kier alpha value is -4.95. The zero-order valence-corrected chi connectivity index (χ0v) is 20.1. The number of nitrogens with zero attached hydrogens (tertiary/aromatic N) is 2. The summed E-state index contributed by atoms with van der Waals surface area (Å²) in [6, 6.07) is 47.7. The minimum Gasteiger partial charge on any atom is -0.294 e. The van der Waals surface area contributed by atoms with Crippen LogP contribution in [0.2, 0.25) is 0 Å². The summed E-state index contributed by atoms with van der Waals surface area (Å²) in [5, 5.41) is 10.2. The molecule has 0 amide bonds. The van der Waals surface area contributed by atoms with Crippen molar-refractivity contribution in [2.45, 2.75) is 0 Å². The van der Waals surface area contributed by atoms with Crippen LogP contribution >= 0.6 is 0 Å². The van der Waals surface area contributed by atoms with E-state index in [4.69, 9.17) is 4.98 Å². The van der Waals surface area contributed by atoms with E-state index >= 15 is 0 Å². The van der Waals surface area contributed by atoms with Gasteiger partial charge in [-0.05, 0) is 62.6 Å². The van der Waals surface area contributed by atoms with Gasteiger partial charge in [0.25, 0.3) is 0 Å². The molecule has 0 radical (unpaired) electrons. The van der Waals surface area contributed by atoms with Crippen molar-refractivity contribution in [3.05, 3.63) is 133 Å². The third-order valence-corrected chi connectivity index (χ3v) is 7.57. The molecule has 0 saturated heterocycles. The van der Waals surface area contributed by atoms with Gasteiger partial charge in [0.15, 0.2) is 0 Å². The van der Waals surface area contributed by atoms with Crippen LogP contribution in [0.3, 0.4) is 0 Å². The van der Waals surface area contributed by atoms with E-state index < -0.39 is 0 Å². The van der Waals surface area contributed by atoms with E-state index in [1.54, 1.807) is 0 Å². The second-order valence-electron chi connectivity index (χ2n) is 9.61. The summed E-state index contributed by atoms with van der Waals surface area (Å²) in [6.07, 6.45) is 0. The van der Waals surface area contributed by atoms with Crippen molar-refractivity contribution in [2.24, 2.45) is 0 Å². The molecule has 172 valence electrons. The number of pyridine rings is 1. The van der Waals surface area contributed by atoms with Gasteiger partial charge in [0.05, 0.1) is 16.7 Å². The van der Waals surface area contributed by atoms with Gasteiger partial charge in [0.1, 0.15) is 5.82 Å². The van der Waals surface area contributed by atoms with Crippen molar-refractivity contribution >= 4 is 54.1 Å². The Balaban J connectivity index is 1.53. The van der Waals surface area contributed by atoms with Gasteiger partial charge >= 0.3 is 0 Å². The molecule has 0 spiro atoms. The van der Waals surface area contributed by atoms with Gasteiger partial charge < -0.3 is 0 Å². The van der Waals surface area contributed by atoms with E-state index in [1.165, 1.54) is 54.1 Å². The van der Waals surface area contributed by atoms with Crippen LogP contribution < -0.4 is 0 Å². The van der Waals surface area contributed by atoms with Crippen LogP contribution in [0.25, 0.3) is 71.2 Å². The van der Waals surface area contributed by atoms with Crippen molar-refractivity contribution in [1.29, 1.82) is 0 Å². The van der Waals surface area contributed by atoms with Crippen LogP contribution in [0.4, 0.5) is 0 Å². The van der Waals surface area contributed by atoms with E-state index in [2.05, 4.69) is 132 Å². The molecule has 37 heavy (non-hydrogen) atoms. The molecule has 8 aromatic rings. The van der Waals surface area contributed by atoms with Crippen molar-refractivity contribution in [3.8, 4) is 17.1 Å². The third-order valence-electron chi connectivity index (χ3n) is 7.57. The fourth-order valence-electron chi connectivity index (χ4n) is 5.93. The quantitative estimate of drug-likeness (QED) is 0.230. The first-order valence-electron chi connectivity index (χ1n) is 12.7. The molecule has 0 aliphatic heterocycles.